The summed E-state index contributed by atoms with van der Waals surface area (Å²) < 4.78 is 6.47. The summed E-state index contributed by atoms with van der Waals surface area (Å²) in [6.07, 6.45) is 6.85. The van der Waals surface area contributed by atoms with Crippen LogP contribution in [0.4, 0.5) is 0 Å². The Balaban J connectivity index is 0.00000370. The third-order valence-electron chi connectivity index (χ3n) is 7.43. The Labute approximate surface area is 251 Å². The first kappa shape index (κ1) is 29.8. The third kappa shape index (κ3) is 7.51. The molecule has 0 aliphatic rings. The Bertz CT molecular complexity index is 1300. The van der Waals surface area contributed by atoms with E-state index >= 15 is 0 Å². The van der Waals surface area contributed by atoms with Crippen molar-refractivity contribution in [3.63, 3.8) is 0 Å². The van der Waals surface area contributed by atoms with E-state index in [1.165, 1.54) is 46.3 Å². The molecule has 0 bridgehead atoms. The maximum Gasteiger partial charge on any atom is 0.126 e. The van der Waals surface area contributed by atoms with E-state index in [1.807, 2.05) is 0 Å². The summed E-state index contributed by atoms with van der Waals surface area (Å²) >= 11 is 0. The average molecular weight is 610 g/mol. The zero-order chi connectivity index (χ0) is 26.6. The lowest BCUT2D eigenvalue weighted by atomic mass is 10.1. The zero-order valence-electron chi connectivity index (χ0n) is 23.0. The van der Waals surface area contributed by atoms with Crippen molar-refractivity contribution in [1.82, 2.24) is 0 Å². The minimum Gasteiger partial charge on any atom is -1.00 e. The molecule has 0 radical (unpaired) electrons. The molecule has 0 saturated carbocycles. The summed E-state index contributed by atoms with van der Waals surface area (Å²) in [5, 5.41) is 4.20. The van der Waals surface area contributed by atoms with Gasteiger partial charge in [-0.05, 0) is 67.3 Å². The lowest BCUT2D eigenvalue weighted by molar-refractivity contribution is -0.00000811. The molecule has 0 aliphatic heterocycles. The lowest BCUT2D eigenvalue weighted by Gasteiger charge is -2.28. The van der Waals surface area contributed by atoms with E-state index in [0.29, 0.717) is 0 Å². The lowest BCUT2D eigenvalue weighted by Crippen LogP contribution is -3.00. The van der Waals surface area contributed by atoms with Crippen molar-refractivity contribution in [3.8, 4) is 5.75 Å². The van der Waals surface area contributed by atoms with Gasteiger partial charge in [0.15, 0.2) is 0 Å². The molecule has 1 nitrogen and oxygen atoms in total. The average Bonchev–Trinajstić information content (AvgIpc) is 3.02. The van der Waals surface area contributed by atoms with Crippen LogP contribution >= 0.6 is 7.26 Å². The molecule has 0 aromatic heterocycles. The van der Waals surface area contributed by atoms with E-state index in [4.69, 9.17) is 4.74 Å². The number of benzene rings is 5. The quantitative estimate of drug-likeness (QED) is 0.129. The zero-order valence-corrected chi connectivity index (χ0v) is 25.5. The molecule has 204 valence electrons. The molecular weight excluding hydrogens is 571 g/mol. The number of halogens is 1. The molecule has 5 rings (SSSR count). The Morgan fingerprint density at radius 1 is 0.450 bits per heavy atom. The molecule has 0 saturated heterocycles. The Morgan fingerprint density at radius 3 is 1.45 bits per heavy atom. The summed E-state index contributed by atoms with van der Waals surface area (Å²) in [5.74, 6) is 1.02. The monoisotopic (exact) mass is 608 g/mol. The van der Waals surface area contributed by atoms with Crippen molar-refractivity contribution in [2.75, 3.05) is 6.61 Å². The minimum atomic E-state index is -1.97. The number of hydrogen-bond acceptors (Lipinski definition) is 1. The van der Waals surface area contributed by atoms with Gasteiger partial charge in [0.2, 0.25) is 0 Å². The van der Waals surface area contributed by atoms with Crippen molar-refractivity contribution in [1.29, 1.82) is 0 Å². The molecule has 0 spiro atoms. The van der Waals surface area contributed by atoms with Gasteiger partial charge in [0, 0.05) is 5.56 Å². The molecule has 0 fully saturated rings. The van der Waals surface area contributed by atoms with Crippen LogP contribution in [0.2, 0.25) is 0 Å². The number of hydrogen-bond donors (Lipinski definition) is 0. The maximum absolute atomic E-state index is 6.47. The fourth-order valence-electron chi connectivity index (χ4n) is 5.41. The van der Waals surface area contributed by atoms with E-state index in [0.717, 1.165) is 31.4 Å². The summed E-state index contributed by atoms with van der Waals surface area (Å²) in [7, 11) is -1.97. The molecule has 5 aromatic carbocycles. The first-order valence-electron chi connectivity index (χ1n) is 14.2. The van der Waals surface area contributed by atoms with Gasteiger partial charge in [-0.15, -0.1) is 0 Å². The second kappa shape index (κ2) is 15.6. The normalized spacial score (nSPS) is 11.0. The molecule has 0 unspecified atom stereocenters. The summed E-state index contributed by atoms with van der Waals surface area (Å²) in [6.45, 7) is 0.760. The molecule has 0 aliphatic carbocycles. The van der Waals surface area contributed by atoms with E-state index < -0.39 is 7.26 Å². The molecule has 5 aromatic rings. The maximum atomic E-state index is 6.47. The van der Waals surface area contributed by atoms with E-state index in [1.54, 1.807) is 0 Å². The number of para-hydroxylation sites is 1. The topological polar surface area (TPSA) is 9.23 Å². The fraction of sp³-hybridized carbons (Fsp3) is 0.189. The molecule has 40 heavy (non-hydrogen) atoms. The highest BCUT2D eigenvalue weighted by atomic mass is 79.9. The van der Waals surface area contributed by atoms with Crippen LogP contribution < -0.4 is 37.6 Å². The van der Waals surface area contributed by atoms with Gasteiger partial charge in [-0.25, -0.2) is 0 Å². The Kier molecular flexibility index (Phi) is 11.6. The smallest absolute Gasteiger partial charge is 0.126 e. The highest BCUT2D eigenvalue weighted by Crippen LogP contribution is 2.58. The van der Waals surface area contributed by atoms with Crippen LogP contribution in [0.5, 0.6) is 5.75 Å². The number of unbranched alkanes of at least 4 members (excludes halogenated alkanes) is 3. The van der Waals surface area contributed by atoms with Gasteiger partial charge in [0.25, 0.3) is 0 Å². The SMILES string of the molecule is [Br-].c1ccc(CCCCCCOc2ccccc2C[P+](c2ccccc2)(c2ccccc2)c2ccccc2)cc1. The molecular formula is C37H38BrOP. The van der Waals surface area contributed by atoms with Crippen molar-refractivity contribution in [3.05, 3.63) is 157 Å². The van der Waals surface area contributed by atoms with Gasteiger partial charge in [-0.2, -0.15) is 0 Å². The van der Waals surface area contributed by atoms with Crippen molar-refractivity contribution >= 4 is 23.2 Å². The molecule has 0 heterocycles. The van der Waals surface area contributed by atoms with Crippen LogP contribution in [0.1, 0.15) is 36.8 Å². The van der Waals surface area contributed by atoms with Gasteiger partial charge >= 0.3 is 0 Å². The second-order valence-electron chi connectivity index (χ2n) is 10.1. The van der Waals surface area contributed by atoms with Crippen LogP contribution in [-0.4, -0.2) is 6.61 Å². The fourth-order valence-corrected chi connectivity index (χ4v) is 9.67. The highest BCUT2D eigenvalue weighted by Gasteiger charge is 2.45. The first-order valence-corrected chi connectivity index (χ1v) is 16.1. The summed E-state index contributed by atoms with van der Waals surface area (Å²) in [4.78, 5) is 0. The van der Waals surface area contributed by atoms with Crippen LogP contribution in [0, 0.1) is 0 Å². The summed E-state index contributed by atoms with van der Waals surface area (Å²) in [5.41, 5.74) is 2.72. The summed E-state index contributed by atoms with van der Waals surface area (Å²) in [6, 6.07) is 52.8. The second-order valence-corrected chi connectivity index (χ2v) is 13.6. The van der Waals surface area contributed by atoms with Gasteiger partial charge in [-0.3, -0.25) is 0 Å². The Hall–Kier alpha value is -3.19. The van der Waals surface area contributed by atoms with Gasteiger partial charge < -0.3 is 21.7 Å². The number of rotatable bonds is 13. The highest BCUT2D eigenvalue weighted by molar-refractivity contribution is 7.95. The molecule has 3 heteroatoms. The van der Waals surface area contributed by atoms with Crippen molar-refractivity contribution in [2.45, 2.75) is 38.3 Å². The predicted molar refractivity (Wildman–Crippen MR) is 169 cm³/mol. The number of aryl methyl sites for hydroxylation is 1. The first-order chi connectivity index (χ1) is 19.4. The van der Waals surface area contributed by atoms with E-state index in [9.17, 15) is 0 Å². The van der Waals surface area contributed by atoms with Crippen molar-refractivity contribution in [2.24, 2.45) is 0 Å². The van der Waals surface area contributed by atoms with Gasteiger partial charge in [0.05, 0.1) is 6.61 Å². The standard InChI is InChI=1S/C37H38OP.BrH/c1(7-19-32-20-8-3-9-21-32)2-18-30-38-37-29-17-16-22-33(37)31-39(34-23-10-4-11-24-34,35-25-12-5-13-26-35)36-27-14-6-15-28-36;/h3-6,8-17,20-29H,1-2,7,18-19,30-31H2;1H/q+1;/p-1. The molecule has 0 amide bonds. The Morgan fingerprint density at radius 2 is 0.900 bits per heavy atom. The molecule has 0 atom stereocenters. The van der Waals surface area contributed by atoms with Gasteiger partial charge in [0.1, 0.15) is 35.1 Å². The van der Waals surface area contributed by atoms with Crippen LogP contribution in [0.15, 0.2) is 146 Å². The van der Waals surface area contributed by atoms with E-state index in [2.05, 4.69) is 146 Å². The minimum absolute atomic E-state index is 0. The van der Waals surface area contributed by atoms with Crippen LogP contribution in [-0.2, 0) is 12.6 Å². The van der Waals surface area contributed by atoms with Gasteiger partial charge in [-0.1, -0.05) is 116 Å². The predicted octanol–water partition coefficient (Wildman–Crippen LogP) is 5.37. The number of ether oxygens (including phenoxy) is 1. The molecule has 0 N–H and O–H groups in total. The van der Waals surface area contributed by atoms with Crippen molar-refractivity contribution < 1.29 is 21.7 Å². The van der Waals surface area contributed by atoms with E-state index in [-0.39, 0.29) is 17.0 Å². The third-order valence-corrected chi connectivity index (χ3v) is 11.8. The largest absolute Gasteiger partial charge is 1.00 e. The van der Waals surface area contributed by atoms with Crippen LogP contribution in [0.25, 0.3) is 0 Å². The van der Waals surface area contributed by atoms with Crippen LogP contribution in [0.3, 0.4) is 0 Å².